The molecule has 0 saturated carbocycles. The highest BCUT2D eigenvalue weighted by Crippen LogP contribution is 2.30. The van der Waals surface area contributed by atoms with E-state index in [9.17, 15) is 4.79 Å². The average Bonchev–Trinajstić information content (AvgIpc) is 3.28. The molecular weight excluding hydrogens is 370 g/mol. The number of rotatable bonds is 4. The number of anilines is 1. The molecule has 0 atom stereocenters. The number of nitrogens with one attached hydrogen (secondary N) is 1. The predicted molar refractivity (Wildman–Crippen MR) is 104 cm³/mol. The summed E-state index contributed by atoms with van der Waals surface area (Å²) < 4.78 is 1.79. The molecule has 0 unspecified atom stereocenters. The number of fused-ring (bicyclic) bond motifs is 1. The molecule has 26 heavy (non-hydrogen) atoms. The Bertz CT molecular complexity index is 1100. The summed E-state index contributed by atoms with van der Waals surface area (Å²) in [5.74, 6) is -0.238. The molecule has 0 fully saturated rings. The summed E-state index contributed by atoms with van der Waals surface area (Å²) in [6.07, 6.45) is 0. The third-order valence-electron chi connectivity index (χ3n) is 3.95. The molecule has 4 aromatic rings. The number of hydrogen-bond donors (Lipinski definition) is 1. The normalized spacial score (nSPS) is 11.0. The lowest BCUT2D eigenvalue weighted by molar-refractivity contribution is 0.102. The summed E-state index contributed by atoms with van der Waals surface area (Å²) in [6.45, 7) is 2.72. The molecule has 0 aliphatic carbocycles. The second kappa shape index (κ2) is 6.86. The number of amides is 1. The number of carbonyl (C=O) groups excluding carboxylic acids is 1. The maximum absolute atomic E-state index is 12.5. The summed E-state index contributed by atoms with van der Waals surface area (Å²) in [4.78, 5) is 17.0. The summed E-state index contributed by atoms with van der Waals surface area (Å²) in [5, 5.41) is 14.0. The molecule has 2 heterocycles. The van der Waals surface area contributed by atoms with Crippen LogP contribution in [-0.4, -0.2) is 25.9 Å². The Morgan fingerprint density at radius 3 is 2.92 bits per heavy atom. The third kappa shape index (κ3) is 3.07. The van der Waals surface area contributed by atoms with E-state index in [1.807, 2.05) is 42.6 Å². The minimum absolute atomic E-state index is 0.238. The van der Waals surface area contributed by atoms with E-state index in [0.29, 0.717) is 21.2 Å². The van der Waals surface area contributed by atoms with Gasteiger partial charge in [0.2, 0.25) is 0 Å². The Kier molecular flexibility index (Phi) is 4.40. The summed E-state index contributed by atoms with van der Waals surface area (Å²) in [5.41, 5.74) is 3.67. The maximum atomic E-state index is 12.5. The molecule has 8 heteroatoms. The van der Waals surface area contributed by atoms with E-state index in [1.54, 1.807) is 16.8 Å². The van der Waals surface area contributed by atoms with Crippen LogP contribution >= 0.6 is 22.9 Å². The van der Waals surface area contributed by atoms with E-state index >= 15 is 0 Å². The first-order chi connectivity index (χ1) is 12.7. The van der Waals surface area contributed by atoms with Crippen molar-refractivity contribution in [1.82, 2.24) is 20.0 Å². The van der Waals surface area contributed by atoms with Gasteiger partial charge in [-0.2, -0.15) is 0 Å². The zero-order chi connectivity index (χ0) is 18.1. The number of thiazole rings is 1. The lowest BCUT2D eigenvalue weighted by atomic mass is 10.2. The Morgan fingerprint density at radius 1 is 1.27 bits per heavy atom. The Balaban J connectivity index is 1.56. The van der Waals surface area contributed by atoms with Crippen LogP contribution in [-0.2, 0) is 6.54 Å². The van der Waals surface area contributed by atoms with E-state index < -0.39 is 0 Å². The van der Waals surface area contributed by atoms with Crippen LogP contribution in [0.15, 0.2) is 47.8 Å². The fraction of sp³-hybridized carbons (Fsp3) is 0.111. The first-order valence-electron chi connectivity index (χ1n) is 8.00. The van der Waals surface area contributed by atoms with E-state index in [0.717, 1.165) is 23.3 Å². The van der Waals surface area contributed by atoms with Crippen molar-refractivity contribution in [3.8, 4) is 11.3 Å². The molecule has 2 aromatic carbocycles. The summed E-state index contributed by atoms with van der Waals surface area (Å²) in [6, 6.07) is 12.8. The first-order valence-corrected chi connectivity index (χ1v) is 9.26. The standard InChI is InChI=1S/C18H14ClN5OS/c1-2-24-16-8-7-11(9-14(16)22-23-24)17(25)21-18-20-15(10-26-18)12-5-3-4-6-13(12)19/h3-10H,2H2,1H3,(H,20,21,25). The van der Waals surface area contributed by atoms with Crippen molar-refractivity contribution in [2.45, 2.75) is 13.5 Å². The molecular formula is C18H14ClN5OS. The van der Waals surface area contributed by atoms with Crippen molar-refractivity contribution in [2.24, 2.45) is 0 Å². The number of aromatic nitrogens is 4. The topological polar surface area (TPSA) is 72.7 Å². The van der Waals surface area contributed by atoms with Gasteiger partial charge in [0.05, 0.1) is 11.2 Å². The molecule has 0 aliphatic rings. The number of nitrogens with zero attached hydrogens (tertiary/aromatic N) is 4. The van der Waals surface area contributed by atoms with Gasteiger partial charge >= 0.3 is 0 Å². The van der Waals surface area contributed by atoms with Crippen molar-refractivity contribution < 1.29 is 4.79 Å². The summed E-state index contributed by atoms with van der Waals surface area (Å²) in [7, 11) is 0. The average molecular weight is 384 g/mol. The molecule has 0 aliphatic heterocycles. The van der Waals surface area contributed by atoms with Gasteiger partial charge in [0.15, 0.2) is 5.13 Å². The van der Waals surface area contributed by atoms with Crippen LogP contribution in [0.4, 0.5) is 5.13 Å². The molecule has 1 amide bonds. The van der Waals surface area contributed by atoms with Crippen LogP contribution in [0.5, 0.6) is 0 Å². The number of aryl methyl sites for hydroxylation is 1. The lowest BCUT2D eigenvalue weighted by Gasteiger charge is -2.03. The van der Waals surface area contributed by atoms with Crippen LogP contribution < -0.4 is 5.32 Å². The highest BCUT2D eigenvalue weighted by Gasteiger charge is 2.13. The highest BCUT2D eigenvalue weighted by molar-refractivity contribution is 7.14. The molecule has 130 valence electrons. The first kappa shape index (κ1) is 16.7. The van der Waals surface area contributed by atoms with Crippen molar-refractivity contribution in [2.75, 3.05) is 5.32 Å². The zero-order valence-electron chi connectivity index (χ0n) is 13.8. The van der Waals surface area contributed by atoms with E-state index in [4.69, 9.17) is 11.6 Å². The number of hydrogen-bond acceptors (Lipinski definition) is 5. The molecule has 2 aromatic heterocycles. The summed E-state index contributed by atoms with van der Waals surface area (Å²) >= 11 is 7.56. The smallest absolute Gasteiger partial charge is 0.257 e. The van der Waals surface area contributed by atoms with Crippen LogP contribution in [0.3, 0.4) is 0 Å². The van der Waals surface area contributed by atoms with Gasteiger partial charge in [-0.3, -0.25) is 10.1 Å². The van der Waals surface area contributed by atoms with Gasteiger partial charge in [0.1, 0.15) is 5.52 Å². The van der Waals surface area contributed by atoms with Gasteiger partial charge < -0.3 is 0 Å². The molecule has 0 spiro atoms. The molecule has 6 nitrogen and oxygen atoms in total. The van der Waals surface area contributed by atoms with Crippen LogP contribution in [0.2, 0.25) is 5.02 Å². The Labute approximate surface area is 158 Å². The Morgan fingerprint density at radius 2 is 2.12 bits per heavy atom. The maximum Gasteiger partial charge on any atom is 0.257 e. The minimum atomic E-state index is -0.238. The van der Waals surface area contributed by atoms with Gasteiger partial charge in [0, 0.05) is 28.1 Å². The number of carbonyl (C=O) groups is 1. The fourth-order valence-electron chi connectivity index (χ4n) is 2.64. The lowest BCUT2D eigenvalue weighted by Crippen LogP contribution is -2.11. The second-order valence-electron chi connectivity index (χ2n) is 5.58. The van der Waals surface area contributed by atoms with Crippen LogP contribution in [0, 0.1) is 0 Å². The van der Waals surface area contributed by atoms with Gasteiger partial charge in [0.25, 0.3) is 5.91 Å². The van der Waals surface area contributed by atoms with Crippen molar-refractivity contribution in [1.29, 1.82) is 0 Å². The van der Waals surface area contributed by atoms with Gasteiger partial charge in [-0.1, -0.05) is 35.0 Å². The van der Waals surface area contributed by atoms with Gasteiger partial charge in [-0.25, -0.2) is 9.67 Å². The van der Waals surface area contributed by atoms with E-state index in [1.165, 1.54) is 11.3 Å². The minimum Gasteiger partial charge on any atom is -0.298 e. The van der Waals surface area contributed by atoms with Gasteiger partial charge in [-0.05, 0) is 31.2 Å². The van der Waals surface area contributed by atoms with Gasteiger partial charge in [-0.15, -0.1) is 16.4 Å². The quantitative estimate of drug-likeness (QED) is 0.564. The van der Waals surface area contributed by atoms with Crippen LogP contribution in [0.25, 0.3) is 22.3 Å². The molecule has 0 radical (unpaired) electrons. The van der Waals surface area contributed by atoms with Crippen molar-refractivity contribution in [3.05, 3.63) is 58.4 Å². The Hall–Kier alpha value is -2.77. The number of halogens is 1. The van der Waals surface area contributed by atoms with Crippen LogP contribution in [0.1, 0.15) is 17.3 Å². The molecule has 0 bridgehead atoms. The number of benzene rings is 2. The van der Waals surface area contributed by atoms with E-state index in [2.05, 4.69) is 20.6 Å². The zero-order valence-corrected chi connectivity index (χ0v) is 15.4. The largest absolute Gasteiger partial charge is 0.298 e. The highest BCUT2D eigenvalue weighted by atomic mass is 35.5. The predicted octanol–water partition coefficient (Wildman–Crippen LogP) is 4.48. The molecule has 4 rings (SSSR count). The monoisotopic (exact) mass is 383 g/mol. The van der Waals surface area contributed by atoms with Crippen molar-refractivity contribution in [3.63, 3.8) is 0 Å². The SMILES string of the molecule is CCn1nnc2cc(C(=O)Nc3nc(-c4ccccc4Cl)cs3)ccc21. The molecule has 0 saturated heterocycles. The molecule has 1 N–H and O–H groups in total. The second-order valence-corrected chi connectivity index (χ2v) is 6.85. The van der Waals surface area contributed by atoms with E-state index in [-0.39, 0.29) is 5.91 Å². The van der Waals surface area contributed by atoms with Crippen molar-refractivity contribution >= 4 is 45.0 Å². The third-order valence-corrected chi connectivity index (χ3v) is 5.04. The fourth-order valence-corrected chi connectivity index (χ4v) is 3.58.